The van der Waals surface area contributed by atoms with Gasteiger partial charge in [-0.15, -0.1) is 11.8 Å². The van der Waals surface area contributed by atoms with E-state index in [0.717, 1.165) is 22.9 Å². The van der Waals surface area contributed by atoms with Crippen LogP contribution in [0.5, 0.6) is 5.75 Å². The second kappa shape index (κ2) is 6.23. The van der Waals surface area contributed by atoms with Crippen molar-refractivity contribution in [1.29, 1.82) is 0 Å². The first-order valence-corrected chi connectivity index (χ1v) is 8.18. The molecule has 3 aromatic carbocycles. The molecule has 1 nitrogen and oxygen atoms in total. The summed E-state index contributed by atoms with van der Waals surface area (Å²) in [7, 11) is 0. The van der Waals surface area contributed by atoms with Gasteiger partial charge in [-0.3, -0.25) is 0 Å². The molecule has 106 valence electrons. The predicted octanol–water partition coefficient (Wildman–Crippen LogP) is 5.40. The van der Waals surface area contributed by atoms with Gasteiger partial charge in [0.2, 0.25) is 0 Å². The van der Waals surface area contributed by atoms with Crippen LogP contribution in [0.2, 0.25) is 0 Å². The topological polar surface area (TPSA) is 20.2 Å². The molecule has 0 aliphatic rings. The first-order valence-electron chi connectivity index (χ1n) is 7.19. The molecule has 2 heteroatoms. The van der Waals surface area contributed by atoms with Crippen LogP contribution in [0.4, 0.5) is 0 Å². The van der Waals surface area contributed by atoms with Crippen LogP contribution >= 0.6 is 11.8 Å². The minimum Gasteiger partial charge on any atom is -0.507 e. The van der Waals surface area contributed by atoms with Crippen molar-refractivity contribution >= 4 is 22.5 Å². The van der Waals surface area contributed by atoms with Crippen LogP contribution < -0.4 is 0 Å². The molecule has 0 aliphatic heterocycles. The van der Waals surface area contributed by atoms with Crippen molar-refractivity contribution in [2.24, 2.45) is 0 Å². The Morgan fingerprint density at radius 2 is 1.48 bits per heavy atom. The molecule has 0 bridgehead atoms. The van der Waals surface area contributed by atoms with E-state index in [1.54, 1.807) is 6.07 Å². The highest BCUT2D eigenvalue weighted by Crippen LogP contribution is 2.34. The zero-order valence-corrected chi connectivity index (χ0v) is 12.9. The number of phenols is 1. The predicted molar refractivity (Wildman–Crippen MR) is 91.0 cm³/mol. The summed E-state index contributed by atoms with van der Waals surface area (Å²) in [6, 6.07) is 20.6. The van der Waals surface area contributed by atoms with E-state index in [1.807, 2.05) is 36.0 Å². The number of thioether (sulfide) groups is 1. The number of benzene rings is 3. The lowest BCUT2D eigenvalue weighted by Crippen LogP contribution is -1.84. The second-order valence-corrected chi connectivity index (χ2v) is 6.10. The van der Waals surface area contributed by atoms with Gasteiger partial charge in [0.15, 0.2) is 0 Å². The van der Waals surface area contributed by atoms with Crippen molar-refractivity contribution in [2.75, 3.05) is 0 Å². The molecule has 3 rings (SSSR count). The van der Waals surface area contributed by atoms with Crippen LogP contribution in [0.1, 0.15) is 18.1 Å². The number of fused-ring (bicyclic) bond motifs is 1. The van der Waals surface area contributed by atoms with Crippen molar-refractivity contribution in [2.45, 2.75) is 24.0 Å². The number of phenolic OH excluding ortho intramolecular Hbond substituents is 1. The van der Waals surface area contributed by atoms with Crippen LogP contribution in [0.3, 0.4) is 0 Å². The van der Waals surface area contributed by atoms with Gasteiger partial charge in [0.05, 0.1) is 0 Å². The number of hydrogen-bond donors (Lipinski definition) is 1. The third kappa shape index (κ3) is 3.06. The van der Waals surface area contributed by atoms with Gasteiger partial charge in [-0.25, -0.2) is 0 Å². The Morgan fingerprint density at radius 3 is 2.19 bits per heavy atom. The minimum absolute atomic E-state index is 0.349. The number of hydrogen-bond acceptors (Lipinski definition) is 2. The maximum absolute atomic E-state index is 9.93. The van der Waals surface area contributed by atoms with E-state index >= 15 is 0 Å². The third-order valence-electron chi connectivity index (χ3n) is 3.69. The molecule has 21 heavy (non-hydrogen) atoms. The van der Waals surface area contributed by atoms with Gasteiger partial charge < -0.3 is 5.11 Å². The van der Waals surface area contributed by atoms with Gasteiger partial charge in [-0.2, -0.15) is 0 Å². The van der Waals surface area contributed by atoms with Crippen LogP contribution in [-0.4, -0.2) is 5.11 Å². The number of aryl methyl sites for hydroxylation is 1. The lowest BCUT2D eigenvalue weighted by molar-refractivity contribution is 0.481. The van der Waals surface area contributed by atoms with E-state index in [2.05, 4.69) is 37.3 Å². The van der Waals surface area contributed by atoms with Gasteiger partial charge >= 0.3 is 0 Å². The molecule has 3 aromatic rings. The molecule has 0 saturated carbocycles. The summed E-state index contributed by atoms with van der Waals surface area (Å²) in [6.45, 7) is 2.17. The van der Waals surface area contributed by atoms with Crippen molar-refractivity contribution < 1.29 is 5.11 Å². The highest BCUT2D eigenvalue weighted by atomic mass is 32.2. The van der Waals surface area contributed by atoms with Crippen LogP contribution in [0.15, 0.2) is 65.6 Å². The fourth-order valence-corrected chi connectivity index (χ4v) is 3.43. The molecule has 0 unspecified atom stereocenters. The van der Waals surface area contributed by atoms with E-state index in [0.29, 0.717) is 5.75 Å². The average Bonchev–Trinajstić information content (AvgIpc) is 2.55. The van der Waals surface area contributed by atoms with E-state index in [1.165, 1.54) is 16.0 Å². The smallest absolute Gasteiger partial charge is 0.123 e. The summed E-state index contributed by atoms with van der Waals surface area (Å²) in [5.41, 5.74) is 2.70. The number of aromatic hydroxyl groups is 1. The van der Waals surface area contributed by atoms with Gasteiger partial charge in [-0.05, 0) is 35.1 Å². The molecule has 1 N–H and O–H groups in total. The SMILES string of the molecule is CCc1ccc(CSc2ccc(O)c3ccccc23)cc1. The normalized spacial score (nSPS) is 10.9. The molecule has 0 atom stereocenters. The summed E-state index contributed by atoms with van der Waals surface area (Å²) < 4.78 is 0. The minimum atomic E-state index is 0.349. The zero-order valence-electron chi connectivity index (χ0n) is 12.0. The second-order valence-electron chi connectivity index (χ2n) is 5.09. The maximum Gasteiger partial charge on any atom is 0.123 e. The summed E-state index contributed by atoms with van der Waals surface area (Å²) in [4.78, 5) is 1.21. The Kier molecular flexibility index (Phi) is 4.16. The first kappa shape index (κ1) is 14.0. The molecule has 0 fully saturated rings. The van der Waals surface area contributed by atoms with Gasteiger partial charge in [0.1, 0.15) is 5.75 Å². The molecule has 0 heterocycles. The largest absolute Gasteiger partial charge is 0.507 e. The Hall–Kier alpha value is -1.93. The quantitative estimate of drug-likeness (QED) is 0.650. The summed E-state index contributed by atoms with van der Waals surface area (Å²) in [5.74, 6) is 1.29. The lowest BCUT2D eigenvalue weighted by Gasteiger charge is -2.08. The van der Waals surface area contributed by atoms with Crippen LogP contribution in [0.25, 0.3) is 10.8 Å². The Bertz CT molecular complexity index is 747. The fraction of sp³-hybridized carbons (Fsp3) is 0.158. The Morgan fingerprint density at radius 1 is 0.810 bits per heavy atom. The van der Waals surface area contributed by atoms with E-state index in [4.69, 9.17) is 0 Å². The molecule has 0 aromatic heterocycles. The molecule has 0 spiro atoms. The zero-order chi connectivity index (χ0) is 14.7. The molecular formula is C19H18OS. The standard InChI is InChI=1S/C19H18OS/c1-2-14-7-9-15(10-8-14)13-21-19-12-11-18(20)16-5-3-4-6-17(16)19/h3-12,20H,2,13H2,1H3. The fourth-order valence-electron chi connectivity index (χ4n) is 2.41. The third-order valence-corrected chi connectivity index (χ3v) is 4.83. The summed E-state index contributed by atoms with van der Waals surface area (Å²) in [5, 5.41) is 12.0. The van der Waals surface area contributed by atoms with Crippen molar-refractivity contribution in [3.63, 3.8) is 0 Å². The molecular weight excluding hydrogens is 276 g/mol. The maximum atomic E-state index is 9.93. The molecule has 0 radical (unpaired) electrons. The Labute approximate surface area is 129 Å². The molecule has 0 aliphatic carbocycles. The van der Waals surface area contributed by atoms with Crippen LogP contribution in [-0.2, 0) is 12.2 Å². The van der Waals surface area contributed by atoms with E-state index in [-0.39, 0.29) is 0 Å². The van der Waals surface area contributed by atoms with E-state index in [9.17, 15) is 5.11 Å². The average molecular weight is 294 g/mol. The van der Waals surface area contributed by atoms with Crippen molar-refractivity contribution in [1.82, 2.24) is 0 Å². The van der Waals surface area contributed by atoms with E-state index < -0.39 is 0 Å². The molecule has 0 amide bonds. The van der Waals surface area contributed by atoms with Gasteiger partial charge in [0, 0.05) is 16.0 Å². The Balaban J connectivity index is 1.83. The summed E-state index contributed by atoms with van der Waals surface area (Å²) in [6.07, 6.45) is 1.08. The van der Waals surface area contributed by atoms with Crippen molar-refractivity contribution in [3.05, 3.63) is 71.8 Å². The van der Waals surface area contributed by atoms with Gasteiger partial charge in [-0.1, -0.05) is 55.5 Å². The highest BCUT2D eigenvalue weighted by Gasteiger charge is 2.05. The van der Waals surface area contributed by atoms with Crippen LogP contribution in [0, 0.1) is 0 Å². The number of rotatable bonds is 4. The van der Waals surface area contributed by atoms with Gasteiger partial charge in [0.25, 0.3) is 0 Å². The lowest BCUT2D eigenvalue weighted by atomic mass is 10.1. The summed E-state index contributed by atoms with van der Waals surface area (Å²) >= 11 is 1.81. The monoisotopic (exact) mass is 294 g/mol. The first-order chi connectivity index (χ1) is 10.3. The highest BCUT2D eigenvalue weighted by molar-refractivity contribution is 7.98. The molecule has 0 saturated heterocycles. The van der Waals surface area contributed by atoms with Crippen molar-refractivity contribution in [3.8, 4) is 5.75 Å².